The molecule has 0 bridgehead atoms. The van der Waals surface area contributed by atoms with Crippen molar-refractivity contribution in [2.45, 2.75) is 37.5 Å². The van der Waals surface area contributed by atoms with Crippen LogP contribution in [0.1, 0.15) is 5.56 Å². The van der Waals surface area contributed by atoms with Gasteiger partial charge in [-0.25, -0.2) is 0 Å². The van der Waals surface area contributed by atoms with Crippen LogP contribution in [0, 0.1) is 6.92 Å². The van der Waals surface area contributed by atoms with E-state index in [1.165, 1.54) is 0 Å². The van der Waals surface area contributed by atoms with E-state index in [1.807, 2.05) is 19.1 Å². The summed E-state index contributed by atoms with van der Waals surface area (Å²) in [5, 5.41) is 37.6. The van der Waals surface area contributed by atoms with Gasteiger partial charge in [0.25, 0.3) is 0 Å². The van der Waals surface area contributed by atoms with Crippen LogP contribution in [-0.2, 0) is 28.4 Å². The Morgan fingerprint density at radius 3 is 1.69 bits per heavy atom. The molecule has 39 heavy (non-hydrogen) atoms. The molecule has 0 fully saturated rings. The van der Waals surface area contributed by atoms with Crippen LogP contribution in [-0.4, -0.2) is 130 Å². The lowest BCUT2D eigenvalue weighted by Gasteiger charge is -2.24. The minimum absolute atomic E-state index is 0.00895. The molecular weight excluding hydrogens is 540 g/mol. The van der Waals surface area contributed by atoms with Crippen LogP contribution >= 0.6 is 0 Å². The quantitative estimate of drug-likeness (QED) is 0.102. The number of hydrogen-bond donors (Lipinski definition) is 4. The van der Waals surface area contributed by atoms with Crippen LogP contribution in [0.5, 0.6) is 5.75 Å². The maximum absolute atomic E-state index is 13.6. The molecule has 0 radical (unpaired) electrons. The molecule has 0 amide bonds. The fraction of sp³-hybridized carbons (Fsp3) is 0.750. The van der Waals surface area contributed by atoms with E-state index in [2.05, 4.69) is 14.2 Å². The van der Waals surface area contributed by atoms with Crippen LogP contribution in [0.15, 0.2) is 24.3 Å². The first kappa shape index (κ1) is 35.4. The lowest BCUT2D eigenvalue weighted by molar-refractivity contribution is -0.394. The third-order valence-electron chi connectivity index (χ3n) is 4.46. The number of benzene rings is 1. The van der Waals surface area contributed by atoms with Gasteiger partial charge in [-0.15, -0.1) is 0 Å². The zero-order chi connectivity index (χ0) is 29.2. The Hall–Kier alpha value is -1.66. The highest BCUT2D eigenvalue weighted by Crippen LogP contribution is 2.27. The standard InChI is InChI=1S/C24H38F4O11/c1-18-2-4-22(5-3-18)38-15-21(32)13-36-12-19(30)11-34-8-9-35-16-23(25,26)39-24(27,28)17-37-14-20(31)10-33-7-6-29/h2-5,19-21,29-32H,6-17H2,1H3. The van der Waals surface area contributed by atoms with Crippen LogP contribution < -0.4 is 4.74 Å². The summed E-state index contributed by atoms with van der Waals surface area (Å²) in [5.74, 6) is 0.594. The summed E-state index contributed by atoms with van der Waals surface area (Å²) in [6.45, 7) is -3.50. The molecule has 0 aromatic heterocycles. The highest BCUT2D eigenvalue weighted by molar-refractivity contribution is 5.26. The van der Waals surface area contributed by atoms with E-state index in [9.17, 15) is 32.9 Å². The van der Waals surface area contributed by atoms with Crippen molar-refractivity contribution in [2.24, 2.45) is 0 Å². The normalized spacial score (nSPS) is 14.8. The Bertz CT molecular complexity index is 743. The topological polar surface area (TPSA) is 146 Å². The van der Waals surface area contributed by atoms with Gasteiger partial charge < -0.3 is 48.8 Å². The number of ether oxygens (including phenoxy) is 7. The average Bonchev–Trinajstić information content (AvgIpc) is 2.85. The largest absolute Gasteiger partial charge is 0.491 e. The van der Waals surface area contributed by atoms with Gasteiger partial charge in [-0.1, -0.05) is 17.7 Å². The lowest BCUT2D eigenvalue weighted by Crippen LogP contribution is -2.40. The van der Waals surface area contributed by atoms with Gasteiger partial charge in [0.05, 0.1) is 59.5 Å². The van der Waals surface area contributed by atoms with Crippen LogP contribution in [0.25, 0.3) is 0 Å². The third-order valence-corrected chi connectivity index (χ3v) is 4.46. The fourth-order valence-electron chi connectivity index (χ4n) is 2.71. The van der Waals surface area contributed by atoms with Crippen LogP contribution in [0.4, 0.5) is 17.6 Å². The molecule has 15 heteroatoms. The van der Waals surface area contributed by atoms with E-state index in [0.717, 1.165) is 5.56 Å². The van der Waals surface area contributed by atoms with Gasteiger partial charge in [0.1, 0.15) is 43.9 Å². The van der Waals surface area contributed by atoms with Gasteiger partial charge in [0.2, 0.25) is 0 Å². The highest BCUT2D eigenvalue weighted by Gasteiger charge is 2.44. The summed E-state index contributed by atoms with van der Waals surface area (Å²) < 4.78 is 87.3. The first-order chi connectivity index (χ1) is 18.4. The summed E-state index contributed by atoms with van der Waals surface area (Å²) >= 11 is 0. The summed E-state index contributed by atoms with van der Waals surface area (Å²) in [7, 11) is 0. The fourth-order valence-corrected chi connectivity index (χ4v) is 2.71. The van der Waals surface area contributed by atoms with Crippen LogP contribution in [0.2, 0.25) is 0 Å². The molecule has 0 aliphatic heterocycles. The molecule has 1 aromatic rings. The van der Waals surface area contributed by atoms with Gasteiger partial charge >= 0.3 is 12.2 Å². The maximum Gasteiger partial charge on any atom is 0.383 e. The van der Waals surface area contributed by atoms with E-state index < -0.39 is 57.0 Å². The summed E-state index contributed by atoms with van der Waals surface area (Å²) in [4.78, 5) is 0. The van der Waals surface area contributed by atoms with E-state index in [1.54, 1.807) is 12.1 Å². The Morgan fingerprint density at radius 1 is 0.641 bits per heavy atom. The second-order valence-electron chi connectivity index (χ2n) is 8.44. The Labute approximate surface area is 224 Å². The van der Waals surface area contributed by atoms with Crippen molar-refractivity contribution in [1.82, 2.24) is 0 Å². The van der Waals surface area contributed by atoms with Crippen molar-refractivity contribution >= 4 is 0 Å². The molecule has 0 aliphatic carbocycles. The van der Waals surface area contributed by atoms with Gasteiger partial charge in [-0.05, 0) is 19.1 Å². The number of aryl methyl sites for hydroxylation is 1. The van der Waals surface area contributed by atoms with Crippen LogP contribution in [0.3, 0.4) is 0 Å². The summed E-state index contributed by atoms with van der Waals surface area (Å²) in [6, 6.07) is 7.26. The highest BCUT2D eigenvalue weighted by atomic mass is 19.3. The van der Waals surface area contributed by atoms with Crippen molar-refractivity contribution < 1.29 is 71.1 Å². The van der Waals surface area contributed by atoms with E-state index >= 15 is 0 Å². The molecule has 0 saturated carbocycles. The predicted molar refractivity (Wildman–Crippen MR) is 127 cm³/mol. The molecule has 1 aromatic carbocycles. The lowest BCUT2D eigenvalue weighted by atomic mass is 10.2. The number of aliphatic hydroxyl groups excluding tert-OH is 4. The second-order valence-corrected chi connectivity index (χ2v) is 8.44. The van der Waals surface area contributed by atoms with E-state index in [4.69, 9.17) is 24.1 Å². The van der Waals surface area contributed by atoms with Gasteiger partial charge in [-0.2, -0.15) is 17.6 Å². The van der Waals surface area contributed by atoms with E-state index in [0.29, 0.717) is 5.75 Å². The molecule has 0 aliphatic rings. The zero-order valence-electron chi connectivity index (χ0n) is 21.7. The maximum atomic E-state index is 13.6. The number of hydrogen-bond acceptors (Lipinski definition) is 11. The molecule has 3 atom stereocenters. The summed E-state index contributed by atoms with van der Waals surface area (Å²) in [6.07, 6.45) is -12.0. The minimum Gasteiger partial charge on any atom is -0.491 e. The monoisotopic (exact) mass is 578 g/mol. The van der Waals surface area contributed by atoms with Crippen molar-refractivity contribution in [3.05, 3.63) is 29.8 Å². The number of rotatable bonds is 24. The number of halogens is 4. The van der Waals surface area contributed by atoms with Crippen molar-refractivity contribution in [3.8, 4) is 5.75 Å². The molecule has 4 N–H and O–H groups in total. The molecule has 11 nitrogen and oxygen atoms in total. The molecular formula is C24H38F4O11. The first-order valence-electron chi connectivity index (χ1n) is 12.1. The Kier molecular flexibility index (Phi) is 17.6. The van der Waals surface area contributed by atoms with Crippen molar-refractivity contribution in [1.29, 1.82) is 0 Å². The molecule has 3 unspecified atom stereocenters. The number of aliphatic hydroxyl groups is 4. The molecule has 0 heterocycles. The average molecular weight is 579 g/mol. The van der Waals surface area contributed by atoms with Crippen molar-refractivity contribution in [2.75, 3.05) is 79.3 Å². The first-order valence-corrected chi connectivity index (χ1v) is 12.1. The summed E-state index contributed by atoms with van der Waals surface area (Å²) in [5.41, 5.74) is 1.07. The molecule has 0 spiro atoms. The van der Waals surface area contributed by atoms with Gasteiger partial charge in [0.15, 0.2) is 0 Å². The second kappa shape index (κ2) is 19.4. The molecule has 228 valence electrons. The predicted octanol–water partition coefficient (Wildman–Crippen LogP) is 0.734. The molecule has 0 saturated heterocycles. The van der Waals surface area contributed by atoms with E-state index in [-0.39, 0.29) is 52.9 Å². The Balaban J connectivity index is 2.08. The minimum atomic E-state index is -4.36. The Morgan fingerprint density at radius 2 is 1.10 bits per heavy atom. The molecule has 1 rings (SSSR count). The van der Waals surface area contributed by atoms with Gasteiger partial charge in [-0.3, -0.25) is 4.74 Å². The SMILES string of the molecule is Cc1ccc(OCC(O)COCC(O)COCCOCC(F)(F)OC(F)(F)COCC(O)COCCO)cc1. The number of alkyl halides is 4. The van der Waals surface area contributed by atoms with Gasteiger partial charge in [0, 0.05) is 0 Å². The smallest absolute Gasteiger partial charge is 0.383 e. The van der Waals surface area contributed by atoms with Crippen molar-refractivity contribution in [3.63, 3.8) is 0 Å². The third kappa shape index (κ3) is 19.1. The zero-order valence-corrected chi connectivity index (χ0v) is 21.7.